The molecule has 0 radical (unpaired) electrons. The fraction of sp³-hybridized carbons (Fsp3) is 0.632. The molecule has 27 heavy (non-hydrogen) atoms. The van der Waals surface area contributed by atoms with Crippen molar-refractivity contribution in [3.8, 4) is 0 Å². The number of morpholine rings is 1. The van der Waals surface area contributed by atoms with E-state index in [2.05, 4.69) is 5.32 Å². The Kier molecular flexibility index (Phi) is 6.49. The van der Waals surface area contributed by atoms with Crippen molar-refractivity contribution in [3.63, 3.8) is 0 Å². The maximum Gasteiger partial charge on any atom is 0.313 e. The van der Waals surface area contributed by atoms with Crippen molar-refractivity contribution >= 4 is 17.8 Å². The number of furan rings is 1. The molecule has 8 nitrogen and oxygen atoms in total. The largest absolute Gasteiger partial charge is 0.467 e. The molecule has 8 heteroatoms. The lowest BCUT2D eigenvalue weighted by Gasteiger charge is -2.31. The van der Waals surface area contributed by atoms with Crippen LogP contribution >= 0.6 is 0 Å². The zero-order valence-electron chi connectivity index (χ0n) is 15.4. The van der Waals surface area contributed by atoms with Crippen LogP contribution in [0.1, 0.15) is 37.9 Å². The molecule has 148 valence electrons. The summed E-state index contributed by atoms with van der Waals surface area (Å²) in [6.07, 6.45) is 4.68. The first kappa shape index (κ1) is 19.4. The highest BCUT2D eigenvalue weighted by molar-refractivity contribution is 5.88. The van der Waals surface area contributed by atoms with E-state index in [4.69, 9.17) is 13.9 Å². The van der Waals surface area contributed by atoms with Crippen molar-refractivity contribution in [2.75, 3.05) is 32.9 Å². The highest BCUT2D eigenvalue weighted by atomic mass is 16.5. The minimum absolute atomic E-state index is 0.0422. The van der Waals surface area contributed by atoms with Crippen LogP contribution in [0.25, 0.3) is 0 Å². The second kappa shape index (κ2) is 9.03. The predicted molar refractivity (Wildman–Crippen MR) is 94.4 cm³/mol. The van der Waals surface area contributed by atoms with Crippen LogP contribution in [0, 0.1) is 5.41 Å². The van der Waals surface area contributed by atoms with Crippen LogP contribution in [-0.2, 0) is 30.4 Å². The molecule has 0 spiro atoms. The number of nitrogens with one attached hydrogen (secondary N) is 1. The Hall–Kier alpha value is -2.35. The van der Waals surface area contributed by atoms with E-state index in [1.165, 1.54) is 6.26 Å². The van der Waals surface area contributed by atoms with Crippen LogP contribution in [0.4, 0.5) is 0 Å². The van der Waals surface area contributed by atoms with E-state index < -0.39 is 17.3 Å². The molecule has 0 bridgehead atoms. The minimum Gasteiger partial charge on any atom is -0.467 e. The third-order valence-electron chi connectivity index (χ3n) is 5.22. The number of hydrogen-bond acceptors (Lipinski definition) is 6. The van der Waals surface area contributed by atoms with Gasteiger partial charge < -0.3 is 24.1 Å². The van der Waals surface area contributed by atoms with Gasteiger partial charge in [-0.3, -0.25) is 14.4 Å². The van der Waals surface area contributed by atoms with E-state index in [0.29, 0.717) is 44.9 Å². The number of esters is 1. The molecule has 1 N–H and O–H groups in total. The molecule has 1 aromatic heterocycles. The molecule has 2 fully saturated rings. The first-order valence-electron chi connectivity index (χ1n) is 9.41. The second-order valence-corrected chi connectivity index (χ2v) is 7.09. The number of ether oxygens (including phenoxy) is 2. The Morgan fingerprint density at radius 3 is 2.59 bits per heavy atom. The van der Waals surface area contributed by atoms with Gasteiger partial charge in [0.2, 0.25) is 5.91 Å². The first-order valence-corrected chi connectivity index (χ1v) is 9.41. The van der Waals surface area contributed by atoms with E-state index in [0.717, 1.165) is 12.8 Å². The molecule has 1 saturated carbocycles. The van der Waals surface area contributed by atoms with Crippen molar-refractivity contribution in [2.45, 2.75) is 38.6 Å². The van der Waals surface area contributed by atoms with E-state index in [1.807, 2.05) is 0 Å². The average molecular weight is 378 g/mol. The molecule has 1 aliphatic heterocycles. The summed E-state index contributed by atoms with van der Waals surface area (Å²) in [5.74, 6) is -0.264. The van der Waals surface area contributed by atoms with Crippen LogP contribution in [-0.4, -0.2) is 55.6 Å². The van der Waals surface area contributed by atoms with Gasteiger partial charge in [-0.25, -0.2) is 0 Å². The minimum atomic E-state index is -0.809. The average Bonchev–Trinajstić information content (AvgIpc) is 3.37. The summed E-state index contributed by atoms with van der Waals surface area (Å²) in [5.41, 5.74) is -0.809. The van der Waals surface area contributed by atoms with Crippen LogP contribution in [0.3, 0.4) is 0 Å². The van der Waals surface area contributed by atoms with Gasteiger partial charge in [0, 0.05) is 19.5 Å². The first-order chi connectivity index (χ1) is 13.1. The molecular formula is C19H26N2O6. The lowest BCUT2D eigenvalue weighted by Crippen LogP contribution is -2.44. The van der Waals surface area contributed by atoms with Gasteiger partial charge in [0.1, 0.15) is 5.76 Å². The van der Waals surface area contributed by atoms with Gasteiger partial charge >= 0.3 is 5.97 Å². The van der Waals surface area contributed by atoms with Crippen LogP contribution in [0.15, 0.2) is 22.8 Å². The number of carbonyl (C=O) groups excluding carboxylic acids is 3. The SMILES string of the molecule is O=C(COC(=O)C1(CC(=O)N2CCOCC2)CCCC1)NCc1ccco1. The van der Waals surface area contributed by atoms with Crippen molar-refractivity contribution in [3.05, 3.63) is 24.2 Å². The Morgan fingerprint density at radius 2 is 1.93 bits per heavy atom. The summed E-state index contributed by atoms with van der Waals surface area (Å²) in [6.45, 7) is 2.05. The van der Waals surface area contributed by atoms with Crippen LogP contribution < -0.4 is 5.32 Å². The van der Waals surface area contributed by atoms with Gasteiger partial charge in [-0.1, -0.05) is 12.8 Å². The van der Waals surface area contributed by atoms with Gasteiger partial charge in [0.25, 0.3) is 5.91 Å². The smallest absolute Gasteiger partial charge is 0.313 e. The molecule has 1 aromatic rings. The molecule has 0 atom stereocenters. The van der Waals surface area contributed by atoms with Gasteiger partial charge in [-0.05, 0) is 25.0 Å². The standard InChI is InChI=1S/C19H26N2O6/c22-16(20-13-15-4-3-9-26-15)14-27-18(24)19(5-1-2-6-19)12-17(23)21-7-10-25-11-8-21/h3-4,9H,1-2,5-8,10-14H2,(H,20,22). The predicted octanol–water partition coefficient (Wildman–Crippen LogP) is 1.25. The molecule has 0 unspecified atom stereocenters. The monoisotopic (exact) mass is 378 g/mol. The van der Waals surface area contributed by atoms with Crippen molar-refractivity contribution < 1.29 is 28.3 Å². The lowest BCUT2D eigenvalue weighted by molar-refractivity contribution is -0.162. The van der Waals surface area contributed by atoms with Gasteiger partial charge in [-0.15, -0.1) is 0 Å². The van der Waals surface area contributed by atoms with Crippen LogP contribution in [0.5, 0.6) is 0 Å². The summed E-state index contributed by atoms with van der Waals surface area (Å²) >= 11 is 0. The molecule has 2 amide bonds. The van der Waals surface area contributed by atoms with Crippen molar-refractivity contribution in [1.82, 2.24) is 10.2 Å². The van der Waals surface area contributed by atoms with E-state index >= 15 is 0 Å². The second-order valence-electron chi connectivity index (χ2n) is 7.09. The third kappa shape index (κ3) is 5.09. The summed E-state index contributed by atoms with van der Waals surface area (Å²) in [6, 6.07) is 3.48. The maximum absolute atomic E-state index is 12.7. The zero-order chi connectivity index (χ0) is 19.1. The van der Waals surface area contributed by atoms with E-state index in [9.17, 15) is 14.4 Å². The molecule has 2 heterocycles. The Morgan fingerprint density at radius 1 is 1.19 bits per heavy atom. The van der Waals surface area contributed by atoms with Gasteiger partial charge in [0.15, 0.2) is 6.61 Å². The van der Waals surface area contributed by atoms with Crippen molar-refractivity contribution in [2.24, 2.45) is 5.41 Å². The third-order valence-corrected chi connectivity index (χ3v) is 5.22. The fourth-order valence-corrected chi connectivity index (χ4v) is 3.65. The van der Waals surface area contributed by atoms with E-state index in [-0.39, 0.29) is 25.5 Å². The highest BCUT2D eigenvalue weighted by Crippen LogP contribution is 2.42. The molecule has 2 aliphatic rings. The molecular weight excluding hydrogens is 352 g/mol. The number of hydrogen-bond donors (Lipinski definition) is 1. The number of rotatable bonds is 7. The fourth-order valence-electron chi connectivity index (χ4n) is 3.65. The van der Waals surface area contributed by atoms with Gasteiger partial charge in [0.05, 0.1) is 31.4 Å². The van der Waals surface area contributed by atoms with E-state index in [1.54, 1.807) is 17.0 Å². The Bertz CT molecular complexity index is 645. The maximum atomic E-state index is 12.7. The summed E-state index contributed by atoms with van der Waals surface area (Å²) in [7, 11) is 0. The molecule has 1 aliphatic carbocycles. The van der Waals surface area contributed by atoms with Crippen LogP contribution in [0.2, 0.25) is 0 Å². The Balaban J connectivity index is 1.50. The quantitative estimate of drug-likeness (QED) is 0.717. The number of carbonyl (C=O) groups is 3. The zero-order valence-corrected chi connectivity index (χ0v) is 15.4. The summed E-state index contributed by atoms with van der Waals surface area (Å²) in [5, 5.41) is 2.64. The highest BCUT2D eigenvalue weighted by Gasteiger charge is 2.45. The number of nitrogens with zero attached hydrogens (tertiary/aromatic N) is 1. The number of amides is 2. The normalized spacial score (nSPS) is 18.9. The molecule has 3 rings (SSSR count). The molecule has 0 aromatic carbocycles. The molecule has 1 saturated heterocycles. The summed E-state index contributed by atoms with van der Waals surface area (Å²) in [4.78, 5) is 39.0. The Labute approximate surface area is 158 Å². The van der Waals surface area contributed by atoms with Crippen molar-refractivity contribution in [1.29, 1.82) is 0 Å². The summed E-state index contributed by atoms with van der Waals surface area (Å²) < 4.78 is 15.7. The topological polar surface area (TPSA) is 98.1 Å². The lowest BCUT2D eigenvalue weighted by atomic mass is 9.82. The van der Waals surface area contributed by atoms with Gasteiger partial charge in [-0.2, -0.15) is 0 Å².